The second kappa shape index (κ2) is 6.19. The number of hydrogen-bond donors (Lipinski definition) is 1. The molecular formula is C14H9F3N6O2. The van der Waals surface area contributed by atoms with Crippen molar-refractivity contribution >= 4 is 17.1 Å². The number of halogens is 3. The fraction of sp³-hybridized carbons (Fsp3) is 0.0714. The Morgan fingerprint density at radius 1 is 1.16 bits per heavy atom. The summed E-state index contributed by atoms with van der Waals surface area (Å²) in [5.41, 5.74) is -0.831. The quantitative estimate of drug-likeness (QED) is 0.572. The molecular weight excluding hydrogens is 341 g/mol. The minimum absolute atomic E-state index is 0.0631. The number of rotatable bonds is 4. The Morgan fingerprint density at radius 2 is 1.96 bits per heavy atom. The first kappa shape index (κ1) is 16.4. The van der Waals surface area contributed by atoms with E-state index >= 15 is 0 Å². The van der Waals surface area contributed by atoms with Crippen LogP contribution in [-0.4, -0.2) is 25.1 Å². The van der Waals surface area contributed by atoms with E-state index in [-0.39, 0.29) is 5.69 Å². The number of anilines is 2. The van der Waals surface area contributed by atoms with Gasteiger partial charge in [0.15, 0.2) is 0 Å². The first-order chi connectivity index (χ1) is 11.8. The van der Waals surface area contributed by atoms with Crippen LogP contribution in [-0.2, 0) is 6.18 Å². The smallest absolute Gasteiger partial charge is 0.350 e. The van der Waals surface area contributed by atoms with Gasteiger partial charge in [0, 0.05) is 11.8 Å². The van der Waals surface area contributed by atoms with Crippen LogP contribution in [0.5, 0.6) is 0 Å². The molecule has 0 radical (unpaired) electrons. The first-order valence-electron chi connectivity index (χ1n) is 6.81. The van der Waals surface area contributed by atoms with Gasteiger partial charge in [0.2, 0.25) is 0 Å². The summed E-state index contributed by atoms with van der Waals surface area (Å²) in [6, 6.07) is 8.84. The van der Waals surface area contributed by atoms with Crippen molar-refractivity contribution in [1.82, 2.24) is 20.2 Å². The number of tetrazole rings is 1. The molecule has 128 valence electrons. The lowest BCUT2D eigenvalue weighted by Gasteiger charge is -2.11. The number of nitrogens with one attached hydrogen (secondary N) is 1. The van der Waals surface area contributed by atoms with Crippen molar-refractivity contribution < 1.29 is 18.1 Å². The topological polar surface area (TPSA) is 98.8 Å². The van der Waals surface area contributed by atoms with Crippen LogP contribution in [0.4, 0.5) is 30.2 Å². The second-order valence-electron chi connectivity index (χ2n) is 4.92. The van der Waals surface area contributed by atoms with Gasteiger partial charge >= 0.3 is 6.18 Å². The highest BCUT2D eigenvalue weighted by molar-refractivity contribution is 5.71. The minimum atomic E-state index is -4.66. The van der Waals surface area contributed by atoms with E-state index in [0.717, 1.165) is 12.1 Å². The molecule has 0 saturated carbocycles. The van der Waals surface area contributed by atoms with Crippen molar-refractivity contribution in [2.24, 2.45) is 0 Å². The van der Waals surface area contributed by atoms with E-state index in [1.165, 1.54) is 11.0 Å². The molecule has 3 rings (SSSR count). The third kappa shape index (κ3) is 3.54. The lowest BCUT2D eigenvalue weighted by Crippen LogP contribution is -2.07. The molecule has 1 heterocycles. The molecule has 0 bridgehead atoms. The summed E-state index contributed by atoms with van der Waals surface area (Å²) in [4.78, 5) is 10.2. The fourth-order valence-electron chi connectivity index (χ4n) is 2.13. The maximum absolute atomic E-state index is 12.7. The molecule has 2 aromatic carbocycles. The number of nitrogens with zero attached hydrogens (tertiary/aromatic N) is 5. The number of aromatic nitrogens is 4. The van der Waals surface area contributed by atoms with Crippen LogP contribution in [0.1, 0.15) is 5.56 Å². The third-order valence-electron chi connectivity index (χ3n) is 3.26. The van der Waals surface area contributed by atoms with Gasteiger partial charge in [-0.25, -0.2) is 4.68 Å². The van der Waals surface area contributed by atoms with Crippen LogP contribution >= 0.6 is 0 Å². The summed E-state index contributed by atoms with van der Waals surface area (Å²) in [5.74, 6) is 0. The average Bonchev–Trinajstić information content (AvgIpc) is 3.09. The zero-order valence-electron chi connectivity index (χ0n) is 12.3. The monoisotopic (exact) mass is 350 g/mol. The molecule has 11 heteroatoms. The normalized spacial score (nSPS) is 11.3. The third-order valence-corrected chi connectivity index (χ3v) is 3.26. The standard InChI is InChI=1S/C14H9F3N6O2/c15-14(16,17)9-4-5-12(13(6-9)23(24)25)19-10-2-1-3-11(7-10)22-8-18-20-21-22/h1-8,19H. The van der Waals surface area contributed by atoms with E-state index in [0.29, 0.717) is 17.4 Å². The highest BCUT2D eigenvalue weighted by Gasteiger charge is 2.33. The zero-order chi connectivity index (χ0) is 18.0. The molecule has 0 saturated heterocycles. The highest BCUT2D eigenvalue weighted by atomic mass is 19.4. The van der Waals surface area contributed by atoms with Gasteiger partial charge in [0.05, 0.1) is 16.2 Å². The molecule has 0 atom stereocenters. The van der Waals surface area contributed by atoms with Crippen LogP contribution < -0.4 is 5.32 Å². The molecule has 0 aliphatic rings. The highest BCUT2D eigenvalue weighted by Crippen LogP contribution is 2.36. The first-order valence-corrected chi connectivity index (χ1v) is 6.81. The van der Waals surface area contributed by atoms with Crippen LogP contribution in [0.2, 0.25) is 0 Å². The second-order valence-corrected chi connectivity index (χ2v) is 4.92. The summed E-state index contributed by atoms with van der Waals surface area (Å²) in [6.07, 6.45) is -3.30. The lowest BCUT2D eigenvalue weighted by molar-refractivity contribution is -0.384. The molecule has 0 unspecified atom stereocenters. The largest absolute Gasteiger partial charge is 0.416 e. The van der Waals surface area contributed by atoms with Gasteiger partial charge in [-0.05, 0) is 40.8 Å². The fourth-order valence-corrected chi connectivity index (χ4v) is 2.13. The molecule has 0 amide bonds. The van der Waals surface area contributed by atoms with Crippen LogP contribution in [0.25, 0.3) is 5.69 Å². The maximum Gasteiger partial charge on any atom is 0.416 e. The number of alkyl halides is 3. The molecule has 0 aliphatic heterocycles. The molecule has 1 N–H and O–H groups in total. The Labute approximate surface area is 138 Å². The SMILES string of the molecule is O=[N+]([O-])c1cc(C(F)(F)F)ccc1Nc1cccc(-n2cnnn2)c1. The van der Waals surface area contributed by atoms with Crippen molar-refractivity contribution in [1.29, 1.82) is 0 Å². The Kier molecular flexibility index (Phi) is 4.05. The minimum Gasteiger partial charge on any atom is -0.350 e. The molecule has 0 fully saturated rings. The number of nitro benzene ring substituents is 1. The lowest BCUT2D eigenvalue weighted by atomic mass is 10.1. The van der Waals surface area contributed by atoms with E-state index in [9.17, 15) is 23.3 Å². The molecule has 3 aromatic rings. The predicted molar refractivity (Wildman–Crippen MR) is 80.5 cm³/mol. The predicted octanol–water partition coefficient (Wildman–Crippen LogP) is 3.33. The van der Waals surface area contributed by atoms with Gasteiger partial charge in [-0.15, -0.1) is 5.10 Å². The van der Waals surface area contributed by atoms with Crippen LogP contribution in [0.3, 0.4) is 0 Å². The van der Waals surface area contributed by atoms with Gasteiger partial charge in [-0.3, -0.25) is 10.1 Å². The van der Waals surface area contributed by atoms with Gasteiger partial charge in [-0.2, -0.15) is 13.2 Å². The van der Waals surface area contributed by atoms with E-state index in [2.05, 4.69) is 20.8 Å². The molecule has 8 nitrogen and oxygen atoms in total. The van der Waals surface area contributed by atoms with Gasteiger partial charge < -0.3 is 5.32 Å². The van der Waals surface area contributed by atoms with Crippen molar-refractivity contribution in [2.75, 3.05) is 5.32 Å². The Hall–Kier alpha value is -3.50. The van der Waals surface area contributed by atoms with Crippen molar-refractivity contribution in [2.45, 2.75) is 6.18 Å². The van der Waals surface area contributed by atoms with Crippen LogP contribution in [0.15, 0.2) is 48.8 Å². The van der Waals surface area contributed by atoms with E-state index in [1.807, 2.05) is 0 Å². The van der Waals surface area contributed by atoms with E-state index in [1.54, 1.807) is 24.3 Å². The molecule has 1 aromatic heterocycles. The maximum atomic E-state index is 12.7. The summed E-state index contributed by atoms with van der Waals surface area (Å²) in [6.45, 7) is 0. The number of hydrogen-bond acceptors (Lipinski definition) is 6. The van der Waals surface area contributed by atoms with Crippen molar-refractivity contribution in [3.63, 3.8) is 0 Å². The summed E-state index contributed by atoms with van der Waals surface area (Å²) in [7, 11) is 0. The number of benzene rings is 2. The van der Waals surface area contributed by atoms with Crippen molar-refractivity contribution in [3.8, 4) is 5.69 Å². The van der Waals surface area contributed by atoms with E-state index < -0.39 is 22.4 Å². The van der Waals surface area contributed by atoms with Gasteiger partial charge in [0.1, 0.15) is 12.0 Å². The van der Waals surface area contributed by atoms with Crippen LogP contribution in [0, 0.1) is 10.1 Å². The Balaban J connectivity index is 1.95. The summed E-state index contributed by atoms with van der Waals surface area (Å²) in [5, 5.41) is 24.6. The average molecular weight is 350 g/mol. The Bertz CT molecular complexity index is 911. The molecule has 0 aliphatic carbocycles. The summed E-state index contributed by atoms with van der Waals surface area (Å²) < 4.78 is 39.6. The molecule has 0 spiro atoms. The summed E-state index contributed by atoms with van der Waals surface area (Å²) >= 11 is 0. The zero-order valence-corrected chi connectivity index (χ0v) is 12.3. The number of nitro groups is 1. The van der Waals surface area contributed by atoms with Gasteiger partial charge in [0.25, 0.3) is 5.69 Å². The van der Waals surface area contributed by atoms with Gasteiger partial charge in [-0.1, -0.05) is 6.07 Å². The van der Waals surface area contributed by atoms with E-state index in [4.69, 9.17) is 0 Å². The Morgan fingerprint density at radius 3 is 2.60 bits per heavy atom. The van der Waals surface area contributed by atoms with Crippen molar-refractivity contribution in [3.05, 3.63) is 64.5 Å². The molecule has 25 heavy (non-hydrogen) atoms.